The molecule has 0 unspecified atom stereocenters. The van der Waals surface area contributed by atoms with E-state index < -0.39 is 8.07 Å². The first kappa shape index (κ1) is 29.7. The van der Waals surface area contributed by atoms with Gasteiger partial charge in [0.25, 0.3) is 0 Å². The van der Waals surface area contributed by atoms with Crippen molar-refractivity contribution in [3.8, 4) is 17.2 Å². The topological polar surface area (TPSA) is 27.7 Å². The fraction of sp³-hybridized carbons (Fsp3) is 0.389. The molecule has 4 rings (SSSR count). The Morgan fingerprint density at radius 2 is 0.725 bits per heavy atom. The Kier molecular flexibility index (Phi) is 8.15. The SMILES string of the molecule is COc1ccc(C)c([Si](c2c(C)ccc(OC)c2C)(c2c(C)ccc(OC)c2C)C2C(C)=C(C)C(C)=C2C)c1C. The maximum Gasteiger partial charge on any atom is 0.161 e. The summed E-state index contributed by atoms with van der Waals surface area (Å²) >= 11 is 0. The summed E-state index contributed by atoms with van der Waals surface area (Å²) in [6.45, 7) is 22.9. The Balaban J connectivity index is 2.47. The molecule has 1 aliphatic carbocycles. The van der Waals surface area contributed by atoms with Crippen molar-refractivity contribution in [1.29, 1.82) is 0 Å². The van der Waals surface area contributed by atoms with Gasteiger partial charge in [0.15, 0.2) is 8.07 Å². The zero-order valence-corrected chi connectivity index (χ0v) is 27.8. The Hall–Kier alpha value is -3.24. The number of benzene rings is 3. The van der Waals surface area contributed by atoms with Crippen molar-refractivity contribution in [3.63, 3.8) is 0 Å². The standard InChI is InChI=1S/C36H46O3Si/c1-20-14-17-30(37-11)27(8)33(20)40(36-25(6)23(4)24(5)26(36)7,34-21(2)15-18-31(38-12)28(34)9)35-22(3)16-19-32(39-13)29(35)10/h14-19,36H,1-13H3. The molecule has 0 saturated heterocycles. The van der Waals surface area contributed by atoms with E-state index in [1.807, 2.05) is 0 Å². The minimum absolute atomic E-state index is 0.228. The van der Waals surface area contributed by atoms with Crippen LogP contribution in [0.4, 0.5) is 0 Å². The van der Waals surface area contributed by atoms with Gasteiger partial charge in [-0.05, 0) is 131 Å². The molecular weight excluding hydrogens is 508 g/mol. The van der Waals surface area contributed by atoms with Gasteiger partial charge in [-0.25, -0.2) is 0 Å². The van der Waals surface area contributed by atoms with Gasteiger partial charge < -0.3 is 14.2 Å². The van der Waals surface area contributed by atoms with Crippen molar-refractivity contribution in [2.45, 2.75) is 74.8 Å². The van der Waals surface area contributed by atoms with Gasteiger partial charge in [-0.2, -0.15) is 0 Å². The lowest BCUT2D eigenvalue weighted by molar-refractivity contribution is 0.412. The van der Waals surface area contributed by atoms with Crippen LogP contribution in [0.15, 0.2) is 58.7 Å². The summed E-state index contributed by atoms with van der Waals surface area (Å²) in [5, 5.41) is 4.28. The lowest BCUT2D eigenvalue weighted by atomic mass is 10.1. The number of ether oxygens (including phenoxy) is 3. The van der Waals surface area contributed by atoms with Crippen molar-refractivity contribution in [2.24, 2.45) is 0 Å². The fourth-order valence-electron chi connectivity index (χ4n) is 7.77. The Bertz CT molecular complexity index is 1390. The van der Waals surface area contributed by atoms with Crippen LogP contribution in [0.5, 0.6) is 17.2 Å². The van der Waals surface area contributed by atoms with Crippen LogP contribution in [0.3, 0.4) is 0 Å². The van der Waals surface area contributed by atoms with Gasteiger partial charge in [0.05, 0.1) is 21.3 Å². The van der Waals surface area contributed by atoms with Crippen LogP contribution in [-0.4, -0.2) is 29.4 Å². The Morgan fingerprint density at radius 3 is 0.975 bits per heavy atom. The first-order valence-corrected chi connectivity index (χ1v) is 16.3. The summed E-state index contributed by atoms with van der Waals surface area (Å²) in [6.07, 6.45) is 0. The van der Waals surface area contributed by atoms with Gasteiger partial charge in [0, 0.05) is 5.54 Å². The van der Waals surface area contributed by atoms with Gasteiger partial charge >= 0.3 is 0 Å². The fourth-order valence-corrected chi connectivity index (χ4v) is 15.4. The van der Waals surface area contributed by atoms with Crippen molar-refractivity contribution in [3.05, 3.63) is 92.1 Å². The molecular formula is C36H46O3Si. The minimum Gasteiger partial charge on any atom is -0.496 e. The van der Waals surface area contributed by atoms with Crippen LogP contribution in [0, 0.1) is 41.5 Å². The smallest absolute Gasteiger partial charge is 0.161 e. The molecule has 212 valence electrons. The maximum atomic E-state index is 6.03. The molecule has 4 heteroatoms. The zero-order valence-electron chi connectivity index (χ0n) is 26.8. The van der Waals surface area contributed by atoms with Crippen LogP contribution >= 0.6 is 0 Å². The van der Waals surface area contributed by atoms with E-state index in [-0.39, 0.29) is 5.54 Å². The molecule has 0 fully saturated rings. The second-order valence-electron chi connectivity index (χ2n) is 11.6. The average molecular weight is 555 g/mol. The number of aryl methyl sites for hydroxylation is 3. The second kappa shape index (κ2) is 11.0. The molecule has 3 aromatic carbocycles. The van der Waals surface area contributed by atoms with Gasteiger partial charge in [-0.3, -0.25) is 0 Å². The third-order valence-corrected chi connectivity index (χ3v) is 16.2. The van der Waals surface area contributed by atoms with Crippen LogP contribution in [0.2, 0.25) is 5.54 Å². The van der Waals surface area contributed by atoms with Gasteiger partial charge in [0.2, 0.25) is 0 Å². The highest BCUT2D eigenvalue weighted by molar-refractivity contribution is 7.14. The van der Waals surface area contributed by atoms with Gasteiger partial charge in [-0.15, -0.1) is 0 Å². The third-order valence-electron chi connectivity index (χ3n) is 9.76. The molecule has 0 heterocycles. The monoisotopic (exact) mass is 554 g/mol. The molecule has 3 aromatic rings. The van der Waals surface area contributed by atoms with Gasteiger partial charge in [-0.1, -0.05) is 46.0 Å². The predicted octanol–water partition coefficient (Wildman–Crippen LogP) is 7.09. The van der Waals surface area contributed by atoms with E-state index in [0.717, 1.165) is 17.2 Å². The zero-order chi connectivity index (χ0) is 29.7. The minimum atomic E-state index is -2.97. The van der Waals surface area contributed by atoms with Crippen LogP contribution in [0.1, 0.15) is 61.1 Å². The molecule has 0 aromatic heterocycles. The average Bonchev–Trinajstić information content (AvgIpc) is 3.11. The Labute approximate surface area is 242 Å². The molecule has 0 amide bonds. The van der Waals surface area contributed by atoms with Crippen molar-refractivity contribution >= 4 is 23.6 Å². The van der Waals surface area contributed by atoms with Gasteiger partial charge in [0.1, 0.15) is 17.2 Å². The van der Waals surface area contributed by atoms with Crippen molar-refractivity contribution < 1.29 is 14.2 Å². The second-order valence-corrected chi connectivity index (χ2v) is 15.3. The first-order valence-electron chi connectivity index (χ1n) is 14.2. The molecule has 0 radical (unpaired) electrons. The number of hydrogen-bond donors (Lipinski definition) is 0. The molecule has 0 atom stereocenters. The number of rotatable bonds is 7. The summed E-state index contributed by atoms with van der Waals surface area (Å²) in [6, 6.07) is 13.1. The van der Waals surface area contributed by atoms with Crippen LogP contribution in [-0.2, 0) is 0 Å². The van der Waals surface area contributed by atoms with E-state index in [0.29, 0.717) is 0 Å². The molecule has 0 aliphatic heterocycles. The normalized spacial score (nSPS) is 14.3. The Morgan fingerprint density at radius 1 is 0.450 bits per heavy atom. The summed E-state index contributed by atoms with van der Waals surface area (Å²) in [5.41, 5.74) is 13.6. The van der Waals surface area contributed by atoms with E-state index in [1.54, 1.807) is 21.3 Å². The molecule has 0 bridgehead atoms. The lowest BCUT2D eigenvalue weighted by Gasteiger charge is -2.46. The molecule has 1 aliphatic rings. The quantitative estimate of drug-likeness (QED) is 0.231. The van der Waals surface area contributed by atoms with E-state index in [4.69, 9.17) is 14.2 Å². The maximum absolute atomic E-state index is 6.03. The summed E-state index contributed by atoms with van der Waals surface area (Å²) < 4.78 is 18.1. The lowest BCUT2D eigenvalue weighted by Crippen LogP contribution is -2.73. The van der Waals surface area contributed by atoms with E-state index >= 15 is 0 Å². The summed E-state index contributed by atoms with van der Waals surface area (Å²) in [5.74, 6) is 2.80. The summed E-state index contributed by atoms with van der Waals surface area (Å²) in [4.78, 5) is 0. The largest absolute Gasteiger partial charge is 0.496 e. The van der Waals surface area contributed by atoms with Crippen molar-refractivity contribution in [2.75, 3.05) is 21.3 Å². The van der Waals surface area contributed by atoms with Crippen molar-refractivity contribution in [1.82, 2.24) is 0 Å². The highest BCUT2D eigenvalue weighted by Crippen LogP contribution is 2.48. The predicted molar refractivity (Wildman–Crippen MR) is 173 cm³/mol. The number of allylic oxidation sites excluding steroid dienone is 4. The highest BCUT2D eigenvalue weighted by atomic mass is 28.3. The van der Waals surface area contributed by atoms with Crippen LogP contribution in [0.25, 0.3) is 0 Å². The van der Waals surface area contributed by atoms with E-state index in [2.05, 4.69) is 106 Å². The highest BCUT2D eigenvalue weighted by Gasteiger charge is 2.54. The molecule has 0 N–H and O–H groups in total. The molecule has 40 heavy (non-hydrogen) atoms. The molecule has 3 nitrogen and oxygen atoms in total. The summed E-state index contributed by atoms with van der Waals surface area (Å²) in [7, 11) is 2.39. The first-order chi connectivity index (χ1) is 18.9. The molecule has 0 saturated carbocycles. The number of methoxy groups -OCH3 is 3. The number of hydrogen-bond acceptors (Lipinski definition) is 3. The van der Waals surface area contributed by atoms with E-state index in [1.165, 1.54) is 71.2 Å². The third kappa shape index (κ3) is 4.14. The molecule has 0 spiro atoms. The van der Waals surface area contributed by atoms with Crippen LogP contribution < -0.4 is 29.8 Å². The van der Waals surface area contributed by atoms with E-state index in [9.17, 15) is 0 Å².